The van der Waals surface area contributed by atoms with E-state index in [-0.39, 0.29) is 6.61 Å². The van der Waals surface area contributed by atoms with Crippen LogP contribution < -0.4 is 4.90 Å². The first-order chi connectivity index (χ1) is 14.6. The fourth-order valence-electron chi connectivity index (χ4n) is 3.54. The van der Waals surface area contributed by atoms with Crippen molar-refractivity contribution < 1.29 is 14.6 Å². The van der Waals surface area contributed by atoms with Crippen LogP contribution in [0.5, 0.6) is 0 Å². The summed E-state index contributed by atoms with van der Waals surface area (Å²) in [5, 5.41) is 14.5. The van der Waals surface area contributed by atoms with Crippen LogP contribution in [0.3, 0.4) is 0 Å². The van der Waals surface area contributed by atoms with Gasteiger partial charge in [-0.05, 0) is 31.0 Å². The van der Waals surface area contributed by atoms with Gasteiger partial charge in [0.1, 0.15) is 11.9 Å². The number of hydrogen-bond donors (Lipinski definition) is 1. The number of morpholine rings is 1. The molecule has 0 radical (unpaired) electrons. The van der Waals surface area contributed by atoms with Gasteiger partial charge in [-0.25, -0.2) is 14.6 Å². The quantitative estimate of drug-likeness (QED) is 0.669. The van der Waals surface area contributed by atoms with Gasteiger partial charge in [-0.15, -0.1) is 0 Å². The van der Waals surface area contributed by atoms with E-state index < -0.39 is 6.10 Å². The van der Waals surface area contributed by atoms with Crippen molar-refractivity contribution in [2.45, 2.75) is 20.0 Å². The highest BCUT2D eigenvalue weighted by Gasteiger charge is 2.20. The Morgan fingerprint density at radius 2 is 1.90 bits per heavy atom. The standard InChI is InChI=1S/C22H27N5O3/c1-15-5-4-6-17(16(15)2)18-7-8-27(25-18)21-13-20(26-9-11-30-12-10-26)23-22(24-21)19(14-28)29-3/h4-8,13,19,28H,9-12,14H2,1-3H3/t19-/m1/s1. The molecule has 0 saturated carbocycles. The van der Waals surface area contributed by atoms with E-state index in [4.69, 9.17) is 14.6 Å². The van der Waals surface area contributed by atoms with Crippen LogP contribution in [0.1, 0.15) is 23.1 Å². The minimum Gasteiger partial charge on any atom is -0.393 e. The molecule has 0 amide bonds. The van der Waals surface area contributed by atoms with Crippen molar-refractivity contribution >= 4 is 5.82 Å². The summed E-state index contributed by atoms with van der Waals surface area (Å²) in [5.74, 6) is 1.84. The second kappa shape index (κ2) is 8.91. The van der Waals surface area contributed by atoms with Crippen LogP contribution in [0.15, 0.2) is 36.5 Å². The van der Waals surface area contributed by atoms with Crippen LogP contribution in [0.2, 0.25) is 0 Å². The SMILES string of the molecule is CO[C@H](CO)c1nc(N2CCOCC2)cc(-n2ccc(-c3cccc(C)c3C)n2)n1. The minimum absolute atomic E-state index is 0.199. The third-order valence-electron chi connectivity index (χ3n) is 5.49. The highest BCUT2D eigenvalue weighted by atomic mass is 16.5. The average Bonchev–Trinajstić information content (AvgIpc) is 3.27. The Balaban J connectivity index is 1.75. The maximum absolute atomic E-state index is 9.69. The maximum atomic E-state index is 9.69. The van der Waals surface area contributed by atoms with Gasteiger partial charge in [0.05, 0.1) is 25.5 Å². The molecular formula is C22H27N5O3. The summed E-state index contributed by atoms with van der Waals surface area (Å²) >= 11 is 0. The maximum Gasteiger partial charge on any atom is 0.164 e. The Morgan fingerprint density at radius 1 is 1.13 bits per heavy atom. The second-order valence-electron chi connectivity index (χ2n) is 7.34. The molecule has 4 rings (SSSR count). The molecule has 158 valence electrons. The molecule has 0 aliphatic carbocycles. The summed E-state index contributed by atoms with van der Waals surface area (Å²) in [6.45, 7) is 6.81. The first-order valence-electron chi connectivity index (χ1n) is 10.1. The van der Waals surface area contributed by atoms with Gasteiger partial charge in [0.15, 0.2) is 11.6 Å². The molecule has 3 aromatic rings. The predicted molar refractivity (Wildman–Crippen MR) is 114 cm³/mol. The van der Waals surface area contributed by atoms with Gasteiger partial charge in [0, 0.05) is 38.0 Å². The van der Waals surface area contributed by atoms with E-state index in [1.54, 1.807) is 4.68 Å². The fraction of sp³-hybridized carbons (Fsp3) is 0.409. The molecule has 0 unspecified atom stereocenters. The molecule has 1 fully saturated rings. The smallest absolute Gasteiger partial charge is 0.164 e. The summed E-state index contributed by atoms with van der Waals surface area (Å²) in [6.07, 6.45) is 1.30. The van der Waals surface area contributed by atoms with Gasteiger partial charge in [-0.1, -0.05) is 18.2 Å². The third-order valence-corrected chi connectivity index (χ3v) is 5.49. The zero-order valence-electron chi connectivity index (χ0n) is 17.6. The van der Waals surface area contributed by atoms with Crippen LogP contribution in [0, 0.1) is 13.8 Å². The van der Waals surface area contributed by atoms with Crippen LogP contribution in [0.25, 0.3) is 17.1 Å². The number of benzene rings is 1. The number of ether oxygens (including phenoxy) is 2. The van der Waals surface area contributed by atoms with E-state index in [9.17, 15) is 5.11 Å². The lowest BCUT2D eigenvalue weighted by atomic mass is 10.0. The van der Waals surface area contributed by atoms with Crippen LogP contribution >= 0.6 is 0 Å². The summed E-state index contributed by atoms with van der Waals surface area (Å²) in [5.41, 5.74) is 4.42. The van der Waals surface area contributed by atoms with Gasteiger partial charge in [0.25, 0.3) is 0 Å². The minimum atomic E-state index is -0.598. The summed E-state index contributed by atoms with van der Waals surface area (Å²) in [4.78, 5) is 11.4. The molecule has 30 heavy (non-hydrogen) atoms. The lowest BCUT2D eigenvalue weighted by Crippen LogP contribution is -2.37. The number of nitrogens with zero attached hydrogens (tertiary/aromatic N) is 5. The van der Waals surface area contributed by atoms with Crippen molar-refractivity contribution in [3.63, 3.8) is 0 Å². The molecule has 1 N–H and O–H groups in total. The zero-order chi connectivity index (χ0) is 21.1. The summed E-state index contributed by atoms with van der Waals surface area (Å²) in [7, 11) is 1.54. The van der Waals surface area contributed by atoms with Crippen molar-refractivity contribution in [3.05, 3.63) is 53.5 Å². The number of anilines is 1. The molecule has 1 aliphatic heterocycles. The van der Waals surface area contributed by atoms with Crippen molar-refractivity contribution in [1.82, 2.24) is 19.7 Å². The topological polar surface area (TPSA) is 85.5 Å². The van der Waals surface area contributed by atoms with Gasteiger partial charge in [-0.3, -0.25) is 0 Å². The molecule has 0 bridgehead atoms. The molecule has 0 spiro atoms. The van der Waals surface area contributed by atoms with E-state index in [0.29, 0.717) is 24.9 Å². The number of rotatable bonds is 6. The highest BCUT2D eigenvalue weighted by Crippen LogP contribution is 2.26. The second-order valence-corrected chi connectivity index (χ2v) is 7.34. The fourth-order valence-corrected chi connectivity index (χ4v) is 3.54. The van der Waals surface area contributed by atoms with Crippen molar-refractivity contribution in [3.8, 4) is 17.1 Å². The van der Waals surface area contributed by atoms with E-state index in [1.807, 2.05) is 24.4 Å². The molecule has 8 heteroatoms. The predicted octanol–water partition coefficient (Wildman–Crippen LogP) is 2.46. The number of hydrogen-bond acceptors (Lipinski definition) is 7. The molecule has 1 aliphatic rings. The van der Waals surface area contributed by atoms with E-state index in [0.717, 1.165) is 30.2 Å². The average molecular weight is 409 g/mol. The highest BCUT2D eigenvalue weighted by molar-refractivity contribution is 5.64. The Hall–Kier alpha value is -2.81. The van der Waals surface area contributed by atoms with E-state index in [2.05, 4.69) is 40.8 Å². The largest absolute Gasteiger partial charge is 0.393 e. The normalized spacial score (nSPS) is 15.4. The van der Waals surface area contributed by atoms with Gasteiger partial charge in [0.2, 0.25) is 0 Å². The van der Waals surface area contributed by atoms with Crippen LogP contribution in [-0.2, 0) is 9.47 Å². The third kappa shape index (κ3) is 4.07. The number of methoxy groups -OCH3 is 1. The lowest BCUT2D eigenvalue weighted by Gasteiger charge is -2.28. The molecule has 8 nitrogen and oxygen atoms in total. The zero-order valence-corrected chi connectivity index (χ0v) is 17.6. The van der Waals surface area contributed by atoms with Crippen molar-refractivity contribution in [2.24, 2.45) is 0 Å². The van der Waals surface area contributed by atoms with E-state index in [1.165, 1.54) is 18.2 Å². The molecular weight excluding hydrogens is 382 g/mol. The Morgan fingerprint density at radius 3 is 2.63 bits per heavy atom. The first kappa shape index (κ1) is 20.5. The summed E-state index contributed by atoms with van der Waals surface area (Å²) < 4.78 is 12.6. The monoisotopic (exact) mass is 409 g/mol. The van der Waals surface area contributed by atoms with Gasteiger partial charge in [-0.2, -0.15) is 5.10 Å². The molecule has 1 saturated heterocycles. The number of aliphatic hydroxyl groups is 1. The Kier molecular flexibility index (Phi) is 6.08. The van der Waals surface area contributed by atoms with Crippen LogP contribution in [0.4, 0.5) is 5.82 Å². The van der Waals surface area contributed by atoms with Crippen molar-refractivity contribution in [2.75, 3.05) is 44.9 Å². The van der Waals surface area contributed by atoms with Gasteiger partial charge >= 0.3 is 0 Å². The van der Waals surface area contributed by atoms with Crippen LogP contribution in [-0.4, -0.2) is 64.9 Å². The Bertz CT molecular complexity index is 1010. The molecule has 3 heterocycles. The number of aromatic nitrogens is 4. The number of aryl methyl sites for hydroxylation is 1. The molecule has 1 atom stereocenters. The Labute approximate surface area is 176 Å². The van der Waals surface area contributed by atoms with Gasteiger partial charge < -0.3 is 19.5 Å². The van der Waals surface area contributed by atoms with E-state index >= 15 is 0 Å². The molecule has 2 aromatic heterocycles. The lowest BCUT2D eigenvalue weighted by molar-refractivity contribution is 0.0422. The number of aliphatic hydroxyl groups excluding tert-OH is 1. The first-order valence-corrected chi connectivity index (χ1v) is 10.1. The molecule has 1 aromatic carbocycles. The summed E-state index contributed by atoms with van der Waals surface area (Å²) in [6, 6.07) is 10.1. The van der Waals surface area contributed by atoms with Crippen molar-refractivity contribution in [1.29, 1.82) is 0 Å².